The highest BCUT2D eigenvalue weighted by Crippen LogP contribution is 2.30. The van der Waals surface area contributed by atoms with Crippen LogP contribution >= 0.6 is 0 Å². The van der Waals surface area contributed by atoms with E-state index in [2.05, 4.69) is 9.98 Å². The lowest BCUT2D eigenvalue weighted by atomic mass is 10.1. The predicted octanol–water partition coefficient (Wildman–Crippen LogP) is 6.57. The summed E-state index contributed by atoms with van der Waals surface area (Å²) in [6.07, 6.45) is 1.73. The zero-order valence-electron chi connectivity index (χ0n) is 23.2. The molecular formula is C32H38N4O3. The predicted molar refractivity (Wildman–Crippen MR) is 160 cm³/mol. The minimum absolute atomic E-state index is 0.130. The van der Waals surface area contributed by atoms with E-state index in [9.17, 15) is 0 Å². The molecule has 39 heavy (non-hydrogen) atoms. The Balaban J connectivity index is 1.27. The van der Waals surface area contributed by atoms with Gasteiger partial charge in [-0.2, -0.15) is 0 Å². The van der Waals surface area contributed by atoms with E-state index in [0.717, 1.165) is 57.8 Å². The van der Waals surface area contributed by atoms with Crippen molar-refractivity contribution in [2.75, 3.05) is 13.2 Å². The molecule has 0 saturated heterocycles. The molecule has 0 atom stereocenters. The summed E-state index contributed by atoms with van der Waals surface area (Å²) in [7, 11) is 0. The molecule has 7 nitrogen and oxygen atoms in total. The van der Waals surface area contributed by atoms with E-state index in [1.807, 2.05) is 100 Å². The number of amidine groups is 2. The summed E-state index contributed by atoms with van der Waals surface area (Å²) in [6.45, 7) is 9.20. The van der Waals surface area contributed by atoms with Gasteiger partial charge >= 0.3 is 0 Å². The second-order valence-electron chi connectivity index (χ2n) is 10.0. The fourth-order valence-corrected chi connectivity index (χ4v) is 4.14. The quantitative estimate of drug-likeness (QED) is 0.123. The highest BCUT2D eigenvalue weighted by Gasteiger charge is 2.10. The number of nitrogens with two attached hydrogens (primary N) is 2. The minimum atomic E-state index is 0.130. The Labute approximate surface area is 230 Å². The lowest BCUT2D eigenvalue weighted by Crippen LogP contribution is -2.17. The van der Waals surface area contributed by atoms with E-state index >= 15 is 0 Å². The second-order valence-corrected chi connectivity index (χ2v) is 10.0. The first-order valence-electron chi connectivity index (χ1n) is 13.5. The number of para-hydroxylation sites is 1. The Morgan fingerprint density at radius 3 is 2.15 bits per heavy atom. The molecule has 4 rings (SSSR count). The summed E-state index contributed by atoms with van der Waals surface area (Å²) in [5, 5.41) is 0.990. The van der Waals surface area contributed by atoms with E-state index in [1.54, 1.807) is 0 Å². The van der Waals surface area contributed by atoms with Crippen molar-refractivity contribution in [3.8, 4) is 22.8 Å². The molecule has 4 N–H and O–H groups in total. The van der Waals surface area contributed by atoms with Crippen LogP contribution in [0.15, 0.2) is 87.2 Å². The van der Waals surface area contributed by atoms with Gasteiger partial charge < -0.3 is 25.4 Å². The van der Waals surface area contributed by atoms with Gasteiger partial charge in [0.15, 0.2) is 0 Å². The Bertz CT molecular complexity index is 1440. The number of nitrogens with zero attached hydrogens (tertiary/aromatic N) is 2. The molecule has 3 aromatic carbocycles. The first kappa shape index (κ1) is 27.8. The zero-order chi connectivity index (χ0) is 27.8. The van der Waals surface area contributed by atoms with Crippen molar-refractivity contribution >= 4 is 22.6 Å². The standard InChI is InChI=1S/C32H38N4O3/c1-21(2)35-31(33)24-13-16-28-25(19-24)20-30(39-28)23-11-14-26(15-12-23)37-17-7-8-18-38-29-10-6-5-9-27(29)32(34)36-22(3)4/h5-6,9-16,19-22H,7-8,17-18H2,1-4H3,(H2,33,35)(H2,34,36). The Morgan fingerprint density at radius 2 is 1.44 bits per heavy atom. The van der Waals surface area contributed by atoms with E-state index in [0.29, 0.717) is 24.9 Å². The molecule has 0 saturated carbocycles. The van der Waals surface area contributed by atoms with Gasteiger partial charge in [0.1, 0.15) is 34.5 Å². The van der Waals surface area contributed by atoms with Gasteiger partial charge in [-0.3, -0.25) is 9.98 Å². The number of hydrogen-bond donors (Lipinski definition) is 2. The van der Waals surface area contributed by atoms with Crippen molar-refractivity contribution in [2.24, 2.45) is 21.5 Å². The number of unbranched alkanes of at least 4 members (excludes halogenated alkanes) is 1. The molecule has 4 aromatic rings. The molecule has 0 aliphatic heterocycles. The largest absolute Gasteiger partial charge is 0.494 e. The van der Waals surface area contributed by atoms with Gasteiger partial charge in [0.25, 0.3) is 0 Å². The molecule has 0 amide bonds. The van der Waals surface area contributed by atoms with E-state index in [4.69, 9.17) is 25.4 Å². The molecule has 204 valence electrons. The highest BCUT2D eigenvalue weighted by molar-refractivity contribution is 6.01. The molecule has 0 radical (unpaired) electrons. The fraction of sp³-hybridized carbons (Fsp3) is 0.312. The highest BCUT2D eigenvalue weighted by atomic mass is 16.5. The average Bonchev–Trinajstić information content (AvgIpc) is 3.34. The van der Waals surface area contributed by atoms with Gasteiger partial charge in [-0.1, -0.05) is 12.1 Å². The SMILES string of the molecule is CC(C)N=C(N)c1ccc2oc(-c3ccc(OCCCCOc4ccccc4C(N)=NC(C)C)cc3)cc2c1. The molecule has 0 fully saturated rings. The summed E-state index contributed by atoms with van der Waals surface area (Å²) in [5.41, 5.74) is 15.8. The Hall–Kier alpha value is -4.26. The maximum atomic E-state index is 6.15. The van der Waals surface area contributed by atoms with Crippen LogP contribution in [0, 0.1) is 0 Å². The number of ether oxygens (including phenoxy) is 2. The third-order valence-electron chi connectivity index (χ3n) is 5.97. The van der Waals surface area contributed by atoms with Gasteiger partial charge in [0.2, 0.25) is 0 Å². The normalized spacial score (nSPS) is 12.5. The van der Waals surface area contributed by atoms with Crippen LogP contribution < -0.4 is 20.9 Å². The molecule has 0 bridgehead atoms. The fourth-order valence-electron chi connectivity index (χ4n) is 4.14. The Kier molecular flexibility index (Phi) is 9.26. The van der Waals surface area contributed by atoms with Gasteiger partial charge in [-0.05, 0) is 101 Å². The third-order valence-corrected chi connectivity index (χ3v) is 5.97. The maximum Gasteiger partial charge on any atom is 0.135 e. The maximum absolute atomic E-state index is 6.15. The van der Waals surface area contributed by atoms with Crippen LogP contribution in [0.2, 0.25) is 0 Å². The van der Waals surface area contributed by atoms with E-state index in [1.165, 1.54) is 0 Å². The van der Waals surface area contributed by atoms with Crippen LogP contribution in [0.3, 0.4) is 0 Å². The number of aliphatic imine (C=N–C) groups is 2. The third kappa shape index (κ3) is 7.63. The number of hydrogen-bond acceptors (Lipinski definition) is 5. The summed E-state index contributed by atoms with van der Waals surface area (Å²) < 4.78 is 18.0. The van der Waals surface area contributed by atoms with Crippen LogP contribution in [0.1, 0.15) is 51.7 Å². The molecule has 0 aliphatic rings. The lowest BCUT2D eigenvalue weighted by molar-refractivity contribution is 0.266. The van der Waals surface area contributed by atoms with Gasteiger partial charge in [-0.25, -0.2) is 0 Å². The topological polar surface area (TPSA) is 108 Å². The van der Waals surface area contributed by atoms with Crippen molar-refractivity contribution in [1.82, 2.24) is 0 Å². The van der Waals surface area contributed by atoms with Crippen molar-refractivity contribution in [2.45, 2.75) is 52.6 Å². The second kappa shape index (κ2) is 13.0. The molecule has 1 heterocycles. The zero-order valence-corrected chi connectivity index (χ0v) is 23.2. The van der Waals surface area contributed by atoms with Crippen LogP contribution in [0.25, 0.3) is 22.3 Å². The van der Waals surface area contributed by atoms with E-state index < -0.39 is 0 Å². The molecule has 0 aliphatic carbocycles. The van der Waals surface area contributed by atoms with Crippen molar-refractivity contribution in [3.63, 3.8) is 0 Å². The summed E-state index contributed by atoms with van der Waals surface area (Å²) in [4.78, 5) is 8.87. The molecular weight excluding hydrogens is 488 g/mol. The number of rotatable bonds is 12. The smallest absolute Gasteiger partial charge is 0.135 e. The van der Waals surface area contributed by atoms with Crippen molar-refractivity contribution in [3.05, 3.63) is 83.9 Å². The number of furan rings is 1. The van der Waals surface area contributed by atoms with Crippen LogP contribution in [0.5, 0.6) is 11.5 Å². The monoisotopic (exact) mass is 526 g/mol. The summed E-state index contributed by atoms with van der Waals surface area (Å²) >= 11 is 0. The molecule has 7 heteroatoms. The van der Waals surface area contributed by atoms with E-state index in [-0.39, 0.29) is 12.1 Å². The first-order chi connectivity index (χ1) is 18.8. The van der Waals surface area contributed by atoms with Crippen molar-refractivity contribution < 1.29 is 13.9 Å². The number of benzene rings is 3. The molecule has 1 aromatic heterocycles. The molecule has 0 unspecified atom stereocenters. The number of fused-ring (bicyclic) bond motifs is 1. The lowest BCUT2D eigenvalue weighted by Gasteiger charge is -2.12. The van der Waals surface area contributed by atoms with Crippen molar-refractivity contribution in [1.29, 1.82) is 0 Å². The summed E-state index contributed by atoms with van der Waals surface area (Å²) in [6, 6.07) is 23.9. The van der Waals surface area contributed by atoms with Crippen LogP contribution in [-0.2, 0) is 0 Å². The Morgan fingerprint density at radius 1 is 0.769 bits per heavy atom. The first-order valence-corrected chi connectivity index (χ1v) is 13.5. The molecule has 0 spiro atoms. The van der Waals surface area contributed by atoms with Crippen LogP contribution in [-0.4, -0.2) is 37.0 Å². The minimum Gasteiger partial charge on any atom is -0.494 e. The average molecular weight is 527 g/mol. The van der Waals surface area contributed by atoms with Gasteiger partial charge in [0, 0.05) is 28.6 Å². The van der Waals surface area contributed by atoms with Gasteiger partial charge in [0.05, 0.1) is 18.8 Å². The van der Waals surface area contributed by atoms with Gasteiger partial charge in [-0.15, -0.1) is 0 Å². The van der Waals surface area contributed by atoms with Crippen LogP contribution in [0.4, 0.5) is 0 Å². The summed E-state index contributed by atoms with van der Waals surface area (Å²) in [5.74, 6) is 3.40.